The van der Waals surface area contributed by atoms with E-state index in [4.69, 9.17) is 5.73 Å². The number of hydrogen-bond donors (Lipinski definition) is 1. The maximum absolute atomic E-state index is 11.6. The average molecular weight is 249 g/mol. The SMILES string of the molecule is NC(=O)c1cc(-c2ccccc2)nc2ncccc12. The van der Waals surface area contributed by atoms with Gasteiger partial charge in [-0.25, -0.2) is 9.97 Å². The second-order valence-electron chi connectivity index (χ2n) is 4.16. The van der Waals surface area contributed by atoms with Crippen molar-refractivity contribution in [3.05, 3.63) is 60.3 Å². The van der Waals surface area contributed by atoms with Gasteiger partial charge in [-0.05, 0) is 18.2 Å². The lowest BCUT2D eigenvalue weighted by Gasteiger charge is -2.06. The Morgan fingerprint density at radius 1 is 1.05 bits per heavy atom. The Kier molecular flexibility index (Phi) is 2.68. The molecule has 0 spiro atoms. The standard InChI is InChI=1S/C15H11N3O/c16-14(19)12-9-13(10-5-2-1-3-6-10)18-15-11(12)7-4-8-17-15/h1-9H,(H2,16,19). The van der Waals surface area contributed by atoms with Gasteiger partial charge in [0.1, 0.15) is 0 Å². The molecule has 0 aliphatic carbocycles. The first-order chi connectivity index (χ1) is 9.25. The van der Waals surface area contributed by atoms with Crippen LogP contribution in [-0.4, -0.2) is 15.9 Å². The van der Waals surface area contributed by atoms with Crippen LogP contribution in [-0.2, 0) is 0 Å². The number of rotatable bonds is 2. The molecule has 0 bridgehead atoms. The van der Waals surface area contributed by atoms with E-state index in [0.29, 0.717) is 22.3 Å². The van der Waals surface area contributed by atoms with Crippen LogP contribution in [0.3, 0.4) is 0 Å². The highest BCUT2D eigenvalue weighted by atomic mass is 16.1. The van der Waals surface area contributed by atoms with Gasteiger partial charge in [0.2, 0.25) is 5.91 Å². The van der Waals surface area contributed by atoms with Crippen molar-refractivity contribution in [3.8, 4) is 11.3 Å². The number of carbonyl (C=O) groups excluding carboxylic acids is 1. The molecule has 0 aliphatic rings. The molecule has 2 N–H and O–H groups in total. The van der Waals surface area contributed by atoms with Gasteiger partial charge in [0, 0.05) is 17.1 Å². The van der Waals surface area contributed by atoms with Crippen LogP contribution in [0.2, 0.25) is 0 Å². The molecule has 2 heterocycles. The third-order valence-electron chi connectivity index (χ3n) is 2.92. The molecule has 0 aliphatic heterocycles. The summed E-state index contributed by atoms with van der Waals surface area (Å²) >= 11 is 0. The van der Waals surface area contributed by atoms with Crippen LogP contribution in [0.1, 0.15) is 10.4 Å². The second kappa shape index (κ2) is 4.49. The summed E-state index contributed by atoms with van der Waals surface area (Å²) in [5, 5.41) is 0.676. The van der Waals surface area contributed by atoms with Gasteiger partial charge < -0.3 is 5.73 Å². The number of benzene rings is 1. The first-order valence-electron chi connectivity index (χ1n) is 5.87. The molecule has 0 radical (unpaired) electrons. The summed E-state index contributed by atoms with van der Waals surface area (Å²) in [4.78, 5) is 20.2. The molecule has 19 heavy (non-hydrogen) atoms. The predicted molar refractivity (Wildman–Crippen MR) is 73.5 cm³/mol. The summed E-state index contributed by atoms with van der Waals surface area (Å²) in [6, 6.07) is 14.9. The number of pyridine rings is 2. The number of fused-ring (bicyclic) bond motifs is 1. The Hall–Kier alpha value is -2.75. The van der Waals surface area contributed by atoms with Crippen LogP contribution in [0.15, 0.2) is 54.7 Å². The minimum absolute atomic E-state index is 0.442. The van der Waals surface area contributed by atoms with E-state index >= 15 is 0 Å². The van der Waals surface area contributed by atoms with Gasteiger partial charge in [-0.1, -0.05) is 30.3 Å². The van der Waals surface area contributed by atoms with Crippen LogP contribution in [0.5, 0.6) is 0 Å². The highest BCUT2D eigenvalue weighted by molar-refractivity contribution is 6.05. The van der Waals surface area contributed by atoms with Gasteiger partial charge in [-0.2, -0.15) is 0 Å². The van der Waals surface area contributed by atoms with Crippen molar-refractivity contribution in [1.29, 1.82) is 0 Å². The molecule has 0 saturated heterocycles. The van der Waals surface area contributed by atoms with E-state index in [-0.39, 0.29) is 0 Å². The Bertz CT molecular complexity index is 754. The Morgan fingerprint density at radius 2 is 1.84 bits per heavy atom. The Morgan fingerprint density at radius 3 is 2.58 bits per heavy atom. The molecule has 3 rings (SSSR count). The molecular weight excluding hydrogens is 238 g/mol. The normalized spacial score (nSPS) is 10.5. The third-order valence-corrected chi connectivity index (χ3v) is 2.92. The van der Waals surface area contributed by atoms with Crippen LogP contribution >= 0.6 is 0 Å². The van der Waals surface area contributed by atoms with E-state index in [2.05, 4.69) is 9.97 Å². The largest absolute Gasteiger partial charge is 0.366 e. The second-order valence-corrected chi connectivity index (χ2v) is 4.16. The maximum Gasteiger partial charge on any atom is 0.249 e. The molecule has 3 aromatic rings. The minimum Gasteiger partial charge on any atom is -0.366 e. The lowest BCUT2D eigenvalue weighted by molar-refractivity contribution is 0.100. The Labute approximate surface area is 109 Å². The molecule has 0 fully saturated rings. The maximum atomic E-state index is 11.6. The molecule has 0 unspecified atom stereocenters. The molecular formula is C15H11N3O. The number of amides is 1. The summed E-state index contributed by atoms with van der Waals surface area (Å²) in [7, 11) is 0. The molecule has 0 saturated carbocycles. The van der Waals surface area contributed by atoms with Gasteiger partial charge in [0.05, 0.1) is 11.3 Å². The smallest absolute Gasteiger partial charge is 0.249 e. The summed E-state index contributed by atoms with van der Waals surface area (Å²) in [6.07, 6.45) is 1.65. The molecule has 4 heteroatoms. The fourth-order valence-electron chi connectivity index (χ4n) is 2.02. The summed E-state index contributed by atoms with van der Waals surface area (Å²) in [6.45, 7) is 0. The number of nitrogens with zero attached hydrogens (tertiary/aromatic N) is 2. The van der Waals surface area contributed by atoms with Gasteiger partial charge in [0.25, 0.3) is 0 Å². The van der Waals surface area contributed by atoms with Crippen LogP contribution in [0, 0.1) is 0 Å². The molecule has 2 aromatic heterocycles. The van der Waals surface area contributed by atoms with E-state index in [0.717, 1.165) is 5.56 Å². The van der Waals surface area contributed by atoms with Crippen molar-refractivity contribution in [2.45, 2.75) is 0 Å². The van der Waals surface area contributed by atoms with Crippen molar-refractivity contribution < 1.29 is 4.79 Å². The van der Waals surface area contributed by atoms with Gasteiger partial charge in [-0.3, -0.25) is 4.79 Å². The first kappa shape index (κ1) is 11.3. The fraction of sp³-hybridized carbons (Fsp3) is 0. The van der Waals surface area contributed by atoms with Gasteiger partial charge in [-0.15, -0.1) is 0 Å². The van der Waals surface area contributed by atoms with Gasteiger partial charge >= 0.3 is 0 Å². The molecule has 92 valence electrons. The first-order valence-corrected chi connectivity index (χ1v) is 5.87. The summed E-state index contributed by atoms with van der Waals surface area (Å²) < 4.78 is 0. The lowest BCUT2D eigenvalue weighted by atomic mass is 10.1. The topological polar surface area (TPSA) is 68.9 Å². The highest BCUT2D eigenvalue weighted by Crippen LogP contribution is 2.23. The summed E-state index contributed by atoms with van der Waals surface area (Å²) in [5.41, 5.74) is 8.02. The van der Waals surface area contributed by atoms with Crippen LogP contribution < -0.4 is 5.73 Å². The zero-order valence-corrected chi connectivity index (χ0v) is 10.1. The van der Waals surface area contributed by atoms with Crippen LogP contribution in [0.25, 0.3) is 22.3 Å². The Balaban J connectivity index is 2.31. The fourth-order valence-corrected chi connectivity index (χ4v) is 2.02. The van der Waals surface area contributed by atoms with Crippen molar-refractivity contribution >= 4 is 16.9 Å². The zero-order valence-electron chi connectivity index (χ0n) is 10.1. The zero-order chi connectivity index (χ0) is 13.2. The van der Waals surface area contributed by atoms with E-state index in [1.165, 1.54) is 0 Å². The lowest BCUT2D eigenvalue weighted by Crippen LogP contribution is -2.12. The number of primary amides is 1. The number of hydrogen-bond acceptors (Lipinski definition) is 3. The third kappa shape index (κ3) is 2.04. The predicted octanol–water partition coefficient (Wildman–Crippen LogP) is 2.40. The average Bonchev–Trinajstić information content (AvgIpc) is 2.47. The van der Waals surface area contributed by atoms with E-state index in [9.17, 15) is 4.79 Å². The van der Waals surface area contributed by atoms with Gasteiger partial charge in [0.15, 0.2) is 5.65 Å². The van der Waals surface area contributed by atoms with E-state index in [1.54, 1.807) is 24.4 Å². The van der Waals surface area contributed by atoms with Crippen molar-refractivity contribution in [1.82, 2.24) is 9.97 Å². The molecule has 1 amide bonds. The molecule has 1 aromatic carbocycles. The number of carbonyl (C=O) groups is 1. The quantitative estimate of drug-likeness (QED) is 0.758. The van der Waals surface area contributed by atoms with Crippen molar-refractivity contribution in [2.75, 3.05) is 0 Å². The highest BCUT2D eigenvalue weighted by Gasteiger charge is 2.11. The van der Waals surface area contributed by atoms with E-state index in [1.807, 2.05) is 30.3 Å². The van der Waals surface area contributed by atoms with Crippen molar-refractivity contribution in [2.24, 2.45) is 5.73 Å². The number of nitrogens with two attached hydrogens (primary N) is 1. The van der Waals surface area contributed by atoms with Crippen LogP contribution in [0.4, 0.5) is 0 Å². The molecule has 4 nitrogen and oxygen atoms in total. The molecule has 0 atom stereocenters. The monoisotopic (exact) mass is 249 g/mol. The summed E-state index contributed by atoms with van der Waals surface area (Å²) in [5.74, 6) is -0.474. The van der Waals surface area contributed by atoms with Crippen molar-refractivity contribution in [3.63, 3.8) is 0 Å². The van der Waals surface area contributed by atoms with E-state index < -0.39 is 5.91 Å². The number of aromatic nitrogens is 2. The minimum atomic E-state index is -0.474.